The van der Waals surface area contributed by atoms with E-state index in [1.807, 2.05) is 0 Å². The first kappa shape index (κ1) is 14.9. The molecule has 1 heterocycles. The molecule has 2 N–H and O–H groups in total. The van der Waals surface area contributed by atoms with Gasteiger partial charge in [-0.25, -0.2) is 8.78 Å². The van der Waals surface area contributed by atoms with E-state index in [0.717, 1.165) is 18.9 Å². The summed E-state index contributed by atoms with van der Waals surface area (Å²) in [5, 5.41) is 13.0. The van der Waals surface area contributed by atoms with Gasteiger partial charge < -0.3 is 15.2 Å². The topological polar surface area (TPSA) is 41.5 Å². The summed E-state index contributed by atoms with van der Waals surface area (Å²) in [5.41, 5.74) is 0.500. The number of nitrogens with one attached hydrogen (secondary N) is 1. The van der Waals surface area contributed by atoms with Gasteiger partial charge in [-0.1, -0.05) is 6.07 Å². The first-order valence-corrected chi connectivity index (χ1v) is 7.60. The largest absolute Gasteiger partial charge is 0.393 e. The predicted octanol–water partition coefficient (Wildman–Crippen LogP) is 2.55. The minimum atomic E-state index is -0.560. The van der Waals surface area contributed by atoms with Crippen LogP contribution in [0.5, 0.6) is 0 Å². The molecule has 0 spiro atoms. The number of hydrogen-bond donors (Lipinski definition) is 2. The molecule has 116 valence electrons. The third-order valence-electron chi connectivity index (χ3n) is 4.56. The molecule has 0 aromatic heterocycles. The van der Waals surface area contributed by atoms with Gasteiger partial charge in [0.1, 0.15) is 11.6 Å². The minimum Gasteiger partial charge on any atom is -0.393 e. The number of halogens is 2. The van der Waals surface area contributed by atoms with Gasteiger partial charge in [0.05, 0.1) is 6.10 Å². The fraction of sp³-hybridized carbons (Fsp3) is 0.625. The first-order valence-electron chi connectivity index (χ1n) is 7.60. The van der Waals surface area contributed by atoms with Crippen LogP contribution in [0, 0.1) is 17.6 Å². The van der Waals surface area contributed by atoms with Crippen molar-refractivity contribution in [1.82, 2.24) is 5.32 Å². The van der Waals surface area contributed by atoms with Crippen LogP contribution in [0.1, 0.15) is 37.3 Å². The molecular weight excluding hydrogens is 276 g/mol. The quantitative estimate of drug-likeness (QED) is 0.897. The van der Waals surface area contributed by atoms with Crippen molar-refractivity contribution in [2.24, 2.45) is 5.92 Å². The maximum atomic E-state index is 14.1. The highest BCUT2D eigenvalue weighted by atomic mass is 19.1. The van der Waals surface area contributed by atoms with E-state index in [1.54, 1.807) is 0 Å². The molecular formula is C16H21F2NO2. The lowest BCUT2D eigenvalue weighted by molar-refractivity contribution is 0.0139. The van der Waals surface area contributed by atoms with Gasteiger partial charge in [-0.05, 0) is 37.7 Å². The molecule has 1 atom stereocenters. The van der Waals surface area contributed by atoms with E-state index in [4.69, 9.17) is 4.74 Å². The van der Waals surface area contributed by atoms with E-state index >= 15 is 0 Å². The Kier molecular flexibility index (Phi) is 4.52. The van der Waals surface area contributed by atoms with E-state index in [2.05, 4.69) is 5.32 Å². The molecule has 1 saturated heterocycles. The summed E-state index contributed by atoms with van der Waals surface area (Å²) in [7, 11) is 0. The maximum Gasteiger partial charge on any atom is 0.130 e. The number of ether oxygens (including phenoxy) is 1. The zero-order valence-corrected chi connectivity index (χ0v) is 11.9. The Labute approximate surface area is 123 Å². The lowest BCUT2D eigenvalue weighted by Gasteiger charge is -2.40. The van der Waals surface area contributed by atoms with Gasteiger partial charge in [-0.3, -0.25) is 0 Å². The van der Waals surface area contributed by atoms with Crippen LogP contribution in [0.2, 0.25) is 0 Å². The minimum absolute atomic E-state index is 0.169. The Morgan fingerprint density at radius 2 is 1.90 bits per heavy atom. The van der Waals surface area contributed by atoms with Crippen LogP contribution in [-0.2, 0) is 4.74 Å². The van der Waals surface area contributed by atoms with Crippen LogP contribution in [0.3, 0.4) is 0 Å². The normalized spacial score (nSPS) is 28.1. The zero-order chi connectivity index (χ0) is 14.8. The van der Waals surface area contributed by atoms with Crippen molar-refractivity contribution in [1.29, 1.82) is 0 Å². The summed E-state index contributed by atoms with van der Waals surface area (Å²) in [6.07, 6.45) is 2.83. The Hall–Kier alpha value is -1.04. The van der Waals surface area contributed by atoms with Crippen molar-refractivity contribution >= 4 is 0 Å². The molecule has 5 heteroatoms. The summed E-state index contributed by atoms with van der Waals surface area (Å²) in [5.74, 6) is -0.876. The number of aliphatic hydroxyl groups is 1. The number of rotatable bonds is 4. The Bertz CT molecular complexity index is 485. The lowest BCUT2D eigenvalue weighted by Crippen LogP contribution is -2.45. The molecule has 3 nitrogen and oxygen atoms in total. The summed E-state index contributed by atoms with van der Waals surface area (Å²) in [6, 6.07) is 3.87. The van der Waals surface area contributed by atoms with Gasteiger partial charge >= 0.3 is 0 Å². The van der Waals surface area contributed by atoms with Gasteiger partial charge in [0, 0.05) is 36.9 Å². The van der Waals surface area contributed by atoms with E-state index < -0.39 is 11.6 Å². The van der Waals surface area contributed by atoms with Crippen LogP contribution in [0.15, 0.2) is 18.2 Å². The van der Waals surface area contributed by atoms with Gasteiger partial charge in [0.25, 0.3) is 0 Å². The highest BCUT2D eigenvalue weighted by Crippen LogP contribution is 2.39. The van der Waals surface area contributed by atoms with Crippen molar-refractivity contribution in [2.45, 2.75) is 43.9 Å². The van der Waals surface area contributed by atoms with Crippen molar-refractivity contribution in [3.8, 4) is 0 Å². The fourth-order valence-electron chi connectivity index (χ4n) is 3.25. The van der Waals surface area contributed by atoms with E-state index in [1.165, 1.54) is 12.1 Å². The molecule has 3 rings (SSSR count). The molecule has 0 amide bonds. The predicted molar refractivity (Wildman–Crippen MR) is 74.8 cm³/mol. The molecule has 1 aliphatic heterocycles. The van der Waals surface area contributed by atoms with E-state index in [-0.39, 0.29) is 24.1 Å². The molecule has 21 heavy (non-hydrogen) atoms. The molecule has 0 unspecified atom stereocenters. The van der Waals surface area contributed by atoms with Gasteiger partial charge in [-0.2, -0.15) is 0 Å². The second kappa shape index (κ2) is 6.38. The second-order valence-electron chi connectivity index (χ2n) is 6.08. The third-order valence-corrected chi connectivity index (χ3v) is 4.56. The van der Waals surface area contributed by atoms with E-state index in [0.29, 0.717) is 31.6 Å². The summed E-state index contributed by atoms with van der Waals surface area (Å²) >= 11 is 0. The number of aliphatic hydroxyl groups excluding tert-OH is 1. The zero-order valence-electron chi connectivity index (χ0n) is 11.9. The average molecular weight is 297 g/mol. The SMILES string of the molecule is OC1CC([C@@H](NC2CCOCC2)c2ccc(F)cc2F)C1. The van der Waals surface area contributed by atoms with Crippen molar-refractivity contribution in [3.05, 3.63) is 35.4 Å². The standard InChI is InChI=1S/C16H21F2NO2/c17-11-1-2-14(15(18)9-11)16(10-7-13(20)8-10)19-12-3-5-21-6-4-12/h1-2,9-10,12-13,16,19-20H,3-8H2/t10?,13?,16-/m1/s1. The molecule has 0 radical (unpaired) electrons. The van der Waals surface area contributed by atoms with Crippen molar-refractivity contribution < 1.29 is 18.6 Å². The molecule has 1 aliphatic carbocycles. The molecule has 1 aromatic carbocycles. The van der Waals surface area contributed by atoms with Gasteiger partial charge in [0.2, 0.25) is 0 Å². The first-order chi connectivity index (χ1) is 10.1. The van der Waals surface area contributed by atoms with Crippen LogP contribution in [0.25, 0.3) is 0 Å². The smallest absolute Gasteiger partial charge is 0.130 e. The maximum absolute atomic E-state index is 14.1. The molecule has 1 aromatic rings. The fourth-order valence-corrected chi connectivity index (χ4v) is 3.25. The molecule has 0 bridgehead atoms. The summed E-state index contributed by atoms with van der Waals surface area (Å²) in [6.45, 7) is 1.42. The Morgan fingerprint density at radius 3 is 2.52 bits per heavy atom. The second-order valence-corrected chi connectivity index (χ2v) is 6.08. The van der Waals surface area contributed by atoms with E-state index in [9.17, 15) is 13.9 Å². The van der Waals surface area contributed by atoms with Crippen LogP contribution >= 0.6 is 0 Å². The van der Waals surface area contributed by atoms with Crippen LogP contribution in [-0.4, -0.2) is 30.5 Å². The monoisotopic (exact) mass is 297 g/mol. The molecule has 2 aliphatic rings. The van der Waals surface area contributed by atoms with Crippen LogP contribution in [0.4, 0.5) is 8.78 Å². The van der Waals surface area contributed by atoms with Gasteiger partial charge in [-0.15, -0.1) is 0 Å². The summed E-state index contributed by atoms with van der Waals surface area (Å²) in [4.78, 5) is 0. The number of hydrogen-bond acceptors (Lipinski definition) is 3. The van der Waals surface area contributed by atoms with Gasteiger partial charge in [0.15, 0.2) is 0 Å². The Morgan fingerprint density at radius 1 is 1.19 bits per heavy atom. The van der Waals surface area contributed by atoms with Crippen LogP contribution < -0.4 is 5.32 Å². The molecule has 2 fully saturated rings. The average Bonchev–Trinajstić information content (AvgIpc) is 2.43. The lowest BCUT2D eigenvalue weighted by atomic mass is 9.74. The highest BCUT2D eigenvalue weighted by Gasteiger charge is 2.37. The summed E-state index contributed by atoms with van der Waals surface area (Å²) < 4.78 is 32.6. The third kappa shape index (κ3) is 3.42. The highest BCUT2D eigenvalue weighted by molar-refractivity contribution is 5.24. The van der Waals surface area contributed by atoms with Crippen molar-refractivity contribution in [2.75, 3.05) is 13.2 Å². The molecule has 1 saturated carbocycles. The Balaban J connectivity index is 1.77. The number of benzene rings is 1. The van der Waals surface area contributed by atoms with Crippen molar-refractivity contribution in [3.63, 3.8) is 0 Å².